The van der Waals surface area contributed by atoms with Crippen molar-refractivity contribution in [3.8, 4) is 6.07 Å². The highest BCUT2D eigenvalue weighted by Gasteiger charge is 2.69. The second-order valence-electron chi connectivity index (χ2n) is 12.0. The number of pyridine rings is 1. The molecule has 3 saturated carbocycles. The topological polar surface area (TPSA) is 255 Å². The minimum absolute atomic E-state index is 0.158. The quantitative estimate of drug-likeness (QED) is 0.138. The van der Waals surface area contributed by atoms with E-state index >= 15 is 0 Å². The number of hydrogen-bond acceptors (Lipinski definition) is 11. The Morgan fingerprint density at radius 3 is 1.93 bits per heavy atom. The highest BCUT2D eigenvalue weighted by atomic mass is 32.2. The number of hydrogen-bond donors (Lipinski definition) is 6. The van der Waals surface area contributed by atoms with Gasteiger partial charge in [0.2, 0.25) is 23.6 Å². The molecule has 0 spiro atoms. The predicted octanol–water partition coefficient (Wildman–Crippen LogP) is -1.86. The van der Waals surface area contributed by atoms with Gasteiger partial charge in [0, 0.05) is 24.8 Å². The third kappa shape index (κ3) is 9.86. The molecular weight excluding hydrogens is 612 g/mol. The number of rotatable bonds is 13. The Hall–Kier alpha value is -4.79. The van der Waals surface area contributed by atoms with E-state index in [0.717, 1.165) is 12.3 Å². The van der Waals surface area contributed by atoms with E-state index in [2.05, 4.69) is 36.9 Å². The highest BCUT2D eigenvalue weighted by Crippen LogP contribution is 2.60. The number of carbonyl (C=O) groups is 6. The average Bonchev–Trinajstić information content (AvgIpc) is 2.90. The molecule has 0 aliphatic heterocycles. The molecule has 0 aromatic carbocycles. The molecular formula is C27H36N8O9S. The van der Waals surface area contributed by atoms with Gasteiger partial charge in [-0.3, -0.25) is 24.0 Å². The molecule has 3 aliphatic carbocycles. The average molecular weight is 649 g/mol. The van der Waals surface area contributed by atoms with Gasteiger partial charge in [0.1, 0.15) is 17.4 Å². The molecule has 4 rings (SSSR count). The van der Waals surface area contributed by atoms with Crippen LogP contribution in [0.15, 0.2) is 17.2 Å². The van der Waals surface area contributed by atoms with Crippen molar-refractivity contribution in [2.24, 2.45) is 0 Å². The van der Waals surface area contributed by atoms with Gasteiger partial charge in [-0.1, -0.05) is 0 Å². The minimum atomic E-state index is -3.85. The van der Waals surface area contributed by atoms with Crippen LogP contribution in [0.5, 0.6) is 0 Å². The van der Waals surface area contributed by atoms with Crippen LogP contribution in [0.2, 0.25) is 0 Å². The summed E-state index contributed by atoms with van der Waals surface area (Å²) in [7, 11) is -3.85. The van der Waals surface area contributed by atoms with Gasteiger partial charge in [-0.2, -0.15) is 5.26 Å². The zero-order valence-corrected chi connectivity index (χ0v) is 26.1. The van der Waals surface area contributed by atoms with Crippen molar-refractivity contribution < 1.29 is 41.9 Å². The Kier molecular flexibility index (Phi) is 10.4. The number of ether oxygens (including phenoxy) is 1. The second kappa shape index (κ2) is 13.5. The number of nitriles is 1. The van der Waals surface area contributed by atoms with Gasteiger partial charge < -0.3 is 36.6 Å². The summed E-state index contributed by atoms with van der Waals surface area (Å²) in [5, 5.41) is 23.6. The molecule has 0 unspecified atom stereocenters. The van der Waals surface area contributed by atoms with E-state index in [1.54, 1.807) is 26.8 Å². The van der Waals surface area contributed by atoms with Gasteiger partial charge in [0.25, 0.3) is 5.91 Å². The van der Waals surface area contributed by atoms with E-state index in [-0.39, 0.29) is 36.3 Å². The SMILES string of the molecule is CC(C)(C)OC(=O)NC12CC(NC(=O)CNC(=O)CNC(=O)CNC(=O)CCNC(=O)c3ccc(C#N)c(S(C)(=O)=O)n3)(C1)C2. The zero-order chi connectivity index (χ0) is 33.6. The maximum atomic E-state index is 12.3. The maximum absolute atomic E-state index is 12.3. The molecule has 18 heteroatoms. The lowest BCUT2D eigenvalue weighted by molar-refractivity contribution is -0.141. The van der Waals surface area contributed by atoms with Crippen LogP contribution in [-0.2, 0) is 33.8 Å². The van der Waals surface area contributed by atoms with Crippen LogP contribution in [-0.4, -0.2) is 98.1 Å². The van der Waals surface area contributed by atoms with Crippen LogP contribution in [0.1, 0.15) is 62.5 Å². The molecule has 1 aromatic rings. The number of amides is 6. The van der Waals surface area contributed by atoms with E-state index in [4.69, 9.17) is 10.00 Å². The Bertz CT molecular complexity index is 1530. The lowest BCUT2D eigenvalue weighted by Gasteiger charge is -2.70. The van der Waals surface area contributed by atoms with Crippen molar-refractivity contribution in [2.45, 2.75) is 68.2 Å². The Labute approximate surface area is 259 Å². The third-order valence-corrected chi connectivity index (χ3v) is 7.76. The van der Waals surface area contributed by atoms with Crippen LogP contribution in [0.3, 0.4) is 0 Å². The van der Waals surface area contributed by atoms with Crippen LogP contribution < -0.4 is 31.9 Å². The number of alkyl carbamates (subject to hydrolysis) is 1. The summed E-state index contributed by atoms with van der Waals surface area (Å²) in [5.74, 6) is -3.06. The molecule has 6 N–H and O–H groups in total. The number of nitrogens with zero attached hydrogens (tertiary/aromatic N) is 2. The fraction of sp³-hybridized carbons (Fsp3) is 0.556. The summed E-state index contributed by atoms with van der Waals surface area (Å²) in [6.07, 6.45) is 1.82. The summed E-state index contributed by atoms with van der Waals surface area (Å²) in [4.78, 5) is 76.2. The summed E-state index contributed by atoms with van der Waals surface area (Å²) in [6.45, 7) is 3.96. The fourth-order valence-corrected chi connectivity index (χ4v) is 5.76. The van der Waals surface area contributed by atoms with Gasteiger partial charge in [0.15, 0.2) is 14.9 Å². The maximum Gasteiger partial charge on any atom is 0.408 e. The summed E-state index contributed by atoms with van der Waals surface area (Å²) in [5.41, 5.74) is -1.89. The van der Waals surface area contributed by atoms with Crippen molar-refractivity contribution in [1.29, 1.82) is 5.26 Å². The van der Waals surface area contributed by atoms with Crippen LogP contribution >= 0.6 is 0 Å². The largest absolute Gasteiger partial charge is 0.444 e. The first-order valence-corrected chi connectivity index (χ1v) is 15.8. The number of carbonyl (C=O) groups excluding carboxylic acids is 6. The van der Waals surface area contributed by atoms with E-state index < -0.39 is 74.7 Å². The second-order valence-corrected chi connectivity index (χ2v) is 14.0. The third-order valence-electron chi connectivity index (χ3n) is 6.74. The van der Waals surface area contributed by atoms with E-state index in [9.17, 15) is 37.2 Å². The molecule has 1 aromatic heterocycles. The van der Waals surface area contributed by atoms with E-state index in [1.807, 2.05) is 0 Å². The van der Waals surface area contributed by atoms with Crippen molar-refractivity contribution in [1.82, 2.24) is 36.9 Å². The van der Waals surface area contributed by atoms with E-state index in [0.29, 0.717) is 19.3 Å². The smallest absolute Gasteiger partial charge is 0.408 e. The standard InChI is InChI=1S/C27H36N8O9S/c1-25(2,3)44-24(41)35-27-13-26(14-27,15-27)34-21(39)12-32-20(38)11-31-19(37)10-30-18(36)7-8-29-22(40)17-6-5-16(9-28)23(33-17)45(4,42)43/h5-6H,7-8,10-15H2,1-4H3,(H,29,40)(H,30,36)(H,31,37)(H,32,38)(H,34,39)(H,35,41). The fourth-order valence-electron chi connectivity index (χ4n) is 4.98. The molecule has 2 bridgehead atoms. The van der Waals surface area contributed by atoms with E-state index in [1.165, 1.54) is 6.07 Å². The first-order chi connectivity index (χ1) is 20.8. The number of nitrogens with one attached hydrogen (secondary N) is 6. The molecule has 0 saturated heterocycles. The van der Waals surface area contributed by atoms with Crippen molar-refractivity contribution in [3.63, 3.8) is 0 Å². The Balaban J connectivity index is 1.26. The number of sulfone groups is 1. The van der Waals surface area contributed by atoms with Crippen molar-refractivity contribution in [3.05, 3.63) is 23.4 Å². The molecule has 3 fully saturated rings. The number of aromatic nitrogens is 1. The van der Waals surface area contributed by atoms with Gasteiger partial charge in [0.05, 0.1) is 30.7 Å². The molecule has 6 amide bonds. The lowest BCUT2D eigenvalue weighted by Crippen LogP contribution is -2.84. The Morgan fingerprint density at radius 1 is 0.867 bits per heavy atom. The highest BCUT2D eigenvalue weighted by molar-refractivity contribution is 7.90. The normalized spacial score (nSPS) is 19.7. The Morgan fingerprint density at radius 2 is 1.40 bits per heavy atom. The monoisotopic (exact) mass is 648 g/mol. The van der Waals surface area contributed by atoms with Crippen LogP contribution in [0.25, 0.3) is 0 Å². The minimum Gasteiger partial charge on any atom is -0.444 e. The molecule has 0 radical (unpaired) electrons. The van der Waals surface area contributed by atoms with Gasteiger partial charge in [-0.25, -0.2) is 18.2 Å². The van der Waals surface area contributed by atoms with Crippen molar-refractivity contribution in [2.75, 3.05) is 32.4 Å². The predicted molar refractivity (Wildman–Crippen MR) is 155 cm³/mol. The molecule has 244 valence electrons. The molecule has 0 atom stereocenters. The molecule has 1 heterocycles. The first-order valence-electron chi connectivity index (χ1n) is 13.9. The molecule has 17 nitrogen and oxygen atoms in total. The summed E-state index contributed by atoms with van der Waals surface area (Å²) >= 11 is 0. The summed E-state index contributed by atoms with van der Waals surface area (Å²) in [6, 6.07) is 4.02. The van der Waals surface area contributed by atoms with Gasteiger partial charge in [-0.15, -0.1) is 0 Å². The van der Waals surface area contributed by atoms with Gasteiger partial charge >= 0.3 is 6.09 Å². The summed E-state index contributed by atoms with van der Waals surface area (Å²) < 4.78 is 28.9. The lowest BCUT2D eigenvalue weighted by atomic mass is 9.44. The molecule has 45 heavy (non-hydrogen) atoms. The first kappa shape index (κ1) is 34.7. The van der Waals surface area contributed by atoms with Crippen molar-refractivity contribution >= 4 is 45.5 Å². The zero-order valence-electron chi connectivity index (χ0n) is 25.3. The van der Waals surface area contributed by atoms with Crippen LogP contribution in [0.4, 0.5) is 4.79 Å². The van der Waals surface area contributed by atoms with Crippen LogP contribution in [0, 0.1) is 11.3 Å². The molecule has 3 aliphatic rings. The van der Waals surface area contributed by atoms with Gasteiger partial charge in [-0.05, 0) is 52.2 Å².